The van der Waals surface area contributed by atoms with Gasteiger partial charge in [-0.15, -0.1) is 0 Å². The largest absolute Gasteiger partial charge is 0.463 e. The zero-order chi connectivity index (χ0) is 15.3. The van der Waals surface area contributed by atoms with E-state index in [-0.39, 0.29) is 27.2 Å². The van der Waals surface area contributed by atoms with Gasteiger partial charge in [-0.1, -0.05) is 23.2 Å². The second-order valence-electron chi connectivity index (χ2n) is 3.76. The molecular formula is C12H13Cl2NO4S. The third kappa shape index (κ3) is 4.70. The Labute approximate surface area is 127 Å². The van der Waals surface area contributed by atoms with Crippen LogP contribution in [0.1, 0.15) is 13.8 Å². The highest BCUT2D eigenvalue weighted by atomic mass is 35.5. The number of hydrogen-bond acceptors (Lipinski definition) is 4. The van der Waals surface area contributed by atoms with Crippen LogP contribution < -0.4 is 4.72 Å². The molecule has 20 heavy (non-hydrogen) atoms. The number of benzene rings is 1. The van der Waals surface area contributed by atoms with Crippen LogP contribution in [0.2, 0.25) is 10.0 Å². The summed E-state index contributed by atoms with van der Waals surface area (Å²) in [5.74, 6) is -0.634. The number of halogens is 2. The van der Waals surface area contributed by atoms with Gasteiger partial charge >= 0.3 is 5.97 Å². The molecule has 0 bridgehead atoms. The SMILES string of the molecule is CCOC(=O)C=C(C)NS(=O)(=O)c1cc(Cl)ccc1Cl. The summed E-state index contributed by atoms with van der Waals surface area (Å²) in [5.41, 5.74) is 0.111. The summed E-state index contributed by atoms with van der Waals surface area (Å²) in [7, 11) is -3.92. The van der Waals surface area contributed by atoms with Gasteiger partial charge in [0.05, 0.1) is 11.6 Å². The number of allylic oxidation sites excluding steroid dienone is 1. The smallest absolute Gasteiger partial charge is 0.332 e. The minimum absolute atomic E-state index is 0.0332. The molecule has 0 aliphatic heterocycles. The molecule has 8 heteroatoms. The number of nitrogens with one attached hydrogen (secondary N) is 1. The van der Waals surface area contributed by atoms with E-state index in [9.17, 15) is 13.2 Å². The average molecular weight is 338 g/mol. The van der Waals surface area contributed by atoms with E-state index in [2.05, 4.69) is 9.46 Å². The Morgan fingerprint density at radius 2 is 2.05 bits per heavy atom. The Bertz CT molecular complexity index is 641. The number of carbonyl (C=O) groups excluding carboxylic acids is 1. The highest BCUT2D eigenvalue weighted by Gasteiger charge is 2.18. The monoisotopic (exact) mass is 337 g/mol. The van der Waals surface area contributed by atoms with Crippen LogP contribution >= 0.6 is 23.2 Å². The first-order valence-corrected chi connectivity index (χ1v) is 7.83. The van der Waals surface area contributed by atoms with Gasteiger partial charge in [0.1, 0.15) is 4.90 Å². The number of carbonyl (C=O) groups is 1. The van der Waals surface area contributed by atoms with E-state index in [0.29, 0.717) is 0 Å². The Morgan fingerprint density at radius 1 is 1.40 bits per heavy atom. The maximum atomic E-state index is 12.1. The molecule has 0 saturated carbocycles. The van der Waals surface area contributed by atoms with Crippen molar-refractivity contribution in [3.8, 4) is 0 Å². The molecule has 0 aromatic heterocycles. The molecule has 0 unspecified atom stereocenters. The third-order valence-electron chi connectivity index (χ3n) is 2.10. The molecule has 0 aliphatic carbocycles. The van der Waals surface area contributed by atoms with Crippen LogP contribution in [-0.4, -0.2) is 21.0 Å². The molecule has 0 spiro atoms. The van der Waals surface area contributed by atoms with Crippen molar-refractivity contribution in [3.63, 3.8) is 0 Å². The van der Waals surface area contributed by atoms with E-state index < -0.39 is 16.0 Å². The summed E-state index contributed by atoms with van der Waals surface area (Å²) in [5, 5.41) is 0.271. The molecule has 110 valence electrons. The zero-order valence-corrected chi connectivity index (χ0v) is 13.1. The molecule has 1 rings (SSSR count). The first-order chi connectivity index (χ1) is 9.26. The maximum Gasteiger partial charge on any atom is 0.332 e. The lowest BCUT2D eigenvalue weighted by Crippen LogP contribution is -2.23. The van der Waals surface area contributed by atoms with Gasteiger partial charge in [-0.2, -0.15) is 0 Å². The molecule has 0 atom stereocenters. The standard InChI is InChI=1S/C12H13Cl2NO4S/c1-3-19-12(16)6-8(2)15-20(17,18)11-7-9(13)4-5-10(11)14/h4-7,15H,3H2,1-2H3. The van der Waals surface area contributed by atoms with Crippen LogP contribution in [0, 0.1) is 0 Å². The van der Waals surface area contributed by atoms with Gasteiger partial charge in [0.15, 0.2) is 0 Å². The number of rotatable bonds is 5. The average Bonchev–Trinajstić information content (AvgIpc) is 2.31. The van der Waals surface area contributed by atoms with E-state index in [4.69, 9.17) is 23.2 Å². The van der Waals surface area contributed by atoms with Gasteiger partial charge in [-0.3, -0.25) is 4.72 Å². The summed E-state index contributed by atoms with van der Waals surface area (Å²) in [4.78, 5) is 11.1. The molecule has 1 aromatic rings. The van der Waals surface area contributed by atoms with Gasteiger partial charge < -0.3 is 4.74 Å². The van der Waals surface area contributed by atoms with Crippen molar-refractivity contribution >= 4 is 39.2 Å². The zero-order valence-electron chi connectivity index (χ0n) is 10.8. The van der Waals surface area contributed by atoms with E-state index in [1.54, 1.807) is 6.92 Å². The molecule has 1 N–H and O–H groups in total. The number of ether oxygens (including phenoxy) is 1. The second-order valence-corrected chi connectivity index (χ2v) is 6.25. The topological polar surface area (TPSA) is 72.5 Å². The lowest BCUT2D eigenvalue weighted by Gasteiger charge is -2.10. The van der Waals surface area contributed by atoms with Gasteiger partial charge in [0.2, 0.25) is 0 Å². The second kappa shape index (κ2) is 6.97. The highest BCUT2D eigenvalue weighted by Crippen LogP contribution is 2.25. The summed E-state index contributed by atoms with van der Waals surface area (Å²) < 4.78 is 31.1. The Hall–Kier alpha value is -1.24. The van der Waals surface area contributed by atoms with Crippen LogP contribution in [0.25, 0.3) is 0 Å². The molecule has 0 fully saturated rings. The van der Waals surface area contributed by atoms with E-state index in [1.165, 1.54) is 25.1 Å². The van der Waals surface area contributed by atoms with E-state index in [1.807, 2.05) is 0 Å². The van der Waals surface area contributed by atoms with Crippen LogP contribution in [0.5, 0.6) is 0 Å². The maximum absolute atomic E-state index is 12.1. The van der Waals surface area contributed by atoms with Gasteiger partial charge in [0.25, 0.3) is 10.0 Å². The first kappa shape index (κ1) is 16.8. The van der Waals surface area contributed by atoms with Crippen LogP contribution in [-0.2, 0) is 19.6 Å². The molecule has 5 nitrogen and oxygen atoms in total. The number of hydrogen-bond donors (Lipinski definition) is 1. The van der Waals surface area contributed by atoms with Crippen molar-refractivity contribution < 1.29 is 17.9 Å². The Morgan fingerprint density at radius 3 is 2.65 bits per heavy atom. The molecule has 1 aromatic carbocycles. The van der Waals surface area contributed by atoms with Gasteiger partial charge in [-0.05, 0) is 32.0 Å². The summed E-state index contributed by atoms with van der Waals surface area (Å²) >= 11 is 11.6. The first-order valence-electron chi connectivity index (χ1n) is 5.59. The fraction of sp³-hybridized carbons (Fsp3) is 0.250. The van der Waals surface area contributed by atoms with E-state index in [0.717, 1.165) is 6.08 Å². The quantitative estimate of drug-likeness (QED) is 0.662. The molecule has 0 saturated heterocycles. The van der Waals surface area contributed by atoms with Crippen molar-refractivity contribution in [1.29, 1.82) is 0 Å². The van der Waals surface area contributed by atoms with Crippen LogP contribution in [0.3, 0.4) is 0 Å². The lowest BCUT2D eigenvalue weighted by molar-refractivity contribution is -0.137. The van der Waals surface area contributed by atoms with Gasteiger partial charge in [0, 0.05) is 16.8 Å². The third-order valence-corrected chi connectivity index (χ3v) is 4.28. The molecule has 0 aliphatic rings. The molecule has 0 radical (unpaired) electrons. The van der Waals surface area contributed by atoms with Gasteiger partial charge in [-0.25, -0.2) is 13.2 Å². The van der Waals surface area contributed by atoms with Crippen molar-refractivity contribution in [2.75, 3.05) is 6.61 Å². The molecule has 0 amide bonds. The van der Waals surface area contributed by atoms with Crippen LogP contribution in [0.4, 0.5) is 0 Å². The fourth-order valence-electron chi connectivity index (χ4n) is 1.34. The Kier molecular flexibility index (Phi) is 5.86. The van der Waals surface area contributed by atoms with Crippen molar-refractivity contribution in [2.24, 2.45) is 0 Å². The lowest BCUT2D eigenvalue weighted by atomic mass is 10.4. The molecule has 0 heterocycles. The summed E-state index contributed by atoms with van der Waals surface area (Å²) in [6, 6.07) is 4.08. The van der Waals surface area contributed by atoms with Crippen LogP contribution in [0.15, 0.2) is 34.9 Å². The number of sulfonamides is 1. The highest BCUT2D eigenvalue weighted by molar-refractivity contribution is 7.89. The van der Waals surface area contributed by atoms with E-state index >= 15 is 0 Å². The summed E-state index contributed by atoms with van der Waals surface area (Å²) in [6.45, 7) is 3.28. The normalized spacial score (nSPS) is 12.1. The molecular weight excluding hydrogens is 325 g/mol. The summed E-state index contributed by atoms with van der Waals surface area (Å²) in [6.07, 6.45) is 1.04. The number of esters is 1. The minimum Gasteiger partial charge on any atom is -0.463 e. The predicted molar refractivity (Wildman–Crippen MR) is 77.2 cm³/mol. The van der Waals surface area contributed by atoms with Crippen molar-refractivity contribution in [2.45, 2.75) is 18.7 Å². The minimum atomic E-state index is -3.92. The predicted octanol–water partition coefficient (Wildman–Crippen LogP) is 2.74. The van der Waals surface area contributed by atoms with Crippen molar-refractivity contribution in [3.05, 3.63) is 40.0 Å². The Balaban J connectivity index is 3.01. The fourth-order valence-corrected chi connectivity index (χ4v) is 3.20. The van der Waals surface area contributed by atoms with Crippen molar-refractivity contribution in [1.82, 2.24) is 4.72 Å².